The van der Waals surface area contributed by atoms with Crippen molar-refractivity contribution in [3.63, 3.8) is 0 Å². The minimum Gasteiger partial charge on any atom is -0.391 e. The van der Waals surface area contributed by atoms with Gasteiger partial charge < -0.3 is 9.84 Å². The number of rotatable bonds is 10. The Hall–Kier alpha value is -0.0800. The molecule has 15 heavy (non-hydrogen) atoms. The van der Waals surface area contributed by atoms with Gasteiger partial charge in [0.1, 0.15) is 0 Å². The molecule has 0 heterocycles. The number of hydrogen-bond donors (Lipinski definition) is 1. The van der Waals surface area contributed by atoms with Crippen LogP contribution in [0.15, 0.2) is 0 Å². The van der Waals surface area contributed by atoms with E-state index in [0.717, 1.165) is 19.4 Å². The molecule has 0 bridgehead atoms. The van der Waals surface area contributed by atoms with E-state index < -0.39 is 0 Å². The largest absolute Gasteiger partial charge is 0.391 e. The van der Waals surface area contributed by atoms with Crippen molar-refractivity contribution >= 4 is 0 Å². The van der Waals surface area contributed by atoms with Gasteiger partial charge in [-0.25, -0.2) is 0 Å². The van der Waals surface area contributed by atoms with Crippen LogP contribution in [0, 0.1) is 5.92 Å². The third-order valence-electron chi connectivity index (χ3n) is 2.81. The van der Waals surface area contributed by atoms with Crippen molar-refractivity contribution in [1.82, 2.24) is 0 Å². The molecule has 2 unspecified atom stereocenters. The number of unbranched alkanes of at least 4 members (excludes halogenated alkanes) is 1. The van der Waals surface area contributed by atoms with Crippen LogP contribution in [0.5, 0.6) is 0 Å². The third-order valence-corrected chi connectivity index (χ3v) is 2.81. The van der Waals surface area contributed by atoms with Gasteiger partial charge in [0.2, 0.25) is 0 Å². The Morgan fingerprint density at radius 1 is 1.13 bits per heavy atom. The van der Waals surface area contributed by atoms with Crippen LogP contribution in [0.4, 0.5) is 0 Å². The zero-order valence-electron chi connectivity index (χ0n) is 10.7. The van der Waals surface area contributed by atoms with Crippen LogP contribution in [0.3, 0.4) is 0 Å². The van der Waals surface area contributed by atoms with Gasteiger partial charge in [-0.15, -0.1) is 0 Å². The quantitative estimate of drug-likeness (QED) is 0.567. The van der Waals surface area contributed by atoms with Gasteiger partial charge in [-0.2, -0.15) is 0 Å². The lowest BCUT2D eigenvalue weighted by atomic mass is 9.93. The van der Waals surface area contributed by atoms with Gasteiger partial charge in [-0.1, -0.05) is 46.5 Å². The highest BCUT2D eigenvalue weighted by molar-refractivity contribution is 4.64. The van der Waals surface area contributed by atoms with Crippen LogP contribution >= 0.6 is 0 Å². The van der Waals surface area contributed by atoms with E-state index in [1.165, 1.54) is 25.7 Å². The Morgan fingerprint density at radius 3 is 2.40 bits per heavy atom. The molecule has 2 heteroatoms. The van der Waals surface area contributed by atoms with Gasteiger partial charge in [0, 0.05) is 6.61 Å². The summed E-state index contributed by atoms with van der Waals surface area (Å²) in [5.74, 6) is 0.671. The van der Waals surface area contributed by atoms with Crippen LogP contribution in [-0.2, 0) is 4.74 Å². The smallest absolute Gasteiger partial charge is 0.0776 e. The minimum absolute atomic E-state index is 0.265. The first kappa shape index (κ1) is 14.9. The lowest BCUT2D eigenvalue weighted by molar-refractivity contribution is 0.0231. The normalized spacial score (nSPS) is 15.2. The SMILES string of the molecule is CCCCC(CC)CC(O)COCCC. The van der Waals surface area contributed by atoms with Gasteiger partial charge in [0.15, 0.2) is 0 Å². The van der Waals surface area contributed by atoms with Crippen LogP contribution in [0.2, 0.25) is 0 Å². The number of aliphatic hydroxyl groups is 1. The molecule has 0 spiro atoms. The molecule has 0 aliphatic heterocycles. The van der Waals surface area contributed by atoms with Crippen molar-refractivity contribution in [2.75, 3.05) is 13.2 Å². The molecule has 0 aromatic rings. The lowest BCUT2D eigenvalue weighted by Gasteiger charge is -2.18. The van der Waals surface area contributed by atoms with Crippen molar-refractivity contribution in [2.45, 2.75) is 65.4 Å². The molecule has 0 aliphatic carbocycles. The first-order valence-corrected chi connectivity index (χ1v) is 6.50. The summed E-state index contributed by atoms with van der Waals surface area (Å²) in [7, 11) is 0. The molecule has 0 saturated carbocycles. The molecule has 0 amide bonds. The summed E-state index contributed by atoms with van der Waals surface area (Å²) in [6, 6.07) is 0. The van der Waals surface area contributed by atoms with Crippen LogP contribution < -0.4 is 0 Å². The zero-order chi connectivity index (χ0) is 11.5. The van der Waals surface area contributed by atoms with Gasteiger partial charge in [-0.05, 0) is 18.8 Å². The van der Waals surface area contributed by atoms with E-state index in [9.17, 15) is 5.11 Å². The zero-order valence-corrected chi connectivity index (χ0v) is 10.7. The Balaban J connectivity index is 3.55. The van der Waals surface area contributed by atoms with Gasteiger partial charge in [0.05, 0.1) is 12.7 Å². The summed E-state index contributed by atoms with van der Waals surface area (Å²) in [6.07, 6.45) is 6.61. The molecule has 0 aromatic heterocycles. The maximum absolute atomic E-state index is 9.75. The third kappa shape index (κ3) is 8.88. The minimum atomic E-state index is -0.265. The molecule has 0 aromatic carbocycles. The molecule has 92 valence electrons. The fourth-order valence-corrected chi connectivity index (χ4v) is 1.80. The molecular weight excluding hydrogens is 188 g/mol. The fraction of sp³-hybridized carbons (Fsp3) is 1.00. The van der Waals surface area contributed by atoms with Crippen molar-refractivity contribution in [1.29, 1.82) is 0 Å². The molecular formula is C13H28O2. The fourth-order valence-electron chi connectivity index (χ4n) is 1.80. The highest BCUT2D eigenvalue weighted by Gasteiger charge is 2.12. The summed E-state index contributed by atoms with van der Waals surface area (Å²) in [5, 5.41) is 9.75. The van der Waals surface area contributed by atoms with Crippen molar-refractivity contribution in [3.05, 3.63) is 0 Å². The molecule has 2 atom stereocenters. The maximum atomic E-state index is 9.75. The van der Waals surface area contributed by atoms with E-state index in [0.29, 0.717) is 12.5 Å². The summed E-state index contributed by atoms with van der Waals surface area (Å²) >= 11 is 0. The monoisotopic (exact) mass is 216 g/mol. The Morgan fingerprint density at radius 2 is 1.87 bits per heavy atom. The van der Waals surface area contributed by atoms with E-state index in [1.54, 1.807) is 0 Å². The number of ether oxygens (including phenoxy) is 1. The highest BCUT2D eigenvalue weighted by atomic mass is 16.5. The summed E-state index contributed by atoms with van der Waals surface area (Å²) in [6.45, 7) is 7.79. The second-order valence-electron chi connectivity index (χ2n) is 4.38. The highest BCUT2D eigenvalue weighted by Crippen LogP contribution is 2.18. The topological polar surface area (TPSA) is 29.5 Å². The van der Waals surface area contributed by atoms with E-state index >= 15 is 0 Å². The molecule has 1 N–H and O–H groups in total. The van der Waals surface area contributed by atoms with E-state index in [-0.39, 0.29) is 6.10 Å². The van der Waals surface area contributed by atoms with E-state index in [1.807, 2.05) is 0 Å². The Bertz CT molecular complexity index is 126. The van der Waals surface area contributed by atoms with Crippen LogP contribution in [0.25, 0.3) is 0 Å². The standard InChI is InChI=1S/C13H28O2/c1-4-7-8-12(6-3)10-13(14)11-15-9-5-2/h12-14H,4-11H2,1-3H3. The Kier molecular flexibility index (Phi) is 10.4. The second kappa shape index (κ2) is 10.4. The van der Waals surface area contributed by atoms with Gasteiger partial charge in [-0.3, -0.25) is 0 Å². The molecule has 0 radical (unpaired) electrons. The summed E-state index contributed by atoms with van der Waals surface area (Å²) < 4.78 is 5.34. The average Bonchev–Trinajstić information content (AvgIpc) is 2.24. The first-order valence-electron chi connectivity index (χ1n) is 6.50. The number of aliphatic hydroxyl groups excluding tert-OH is 1. The molecule has 0 aliphatic rings. The predicted octanol–water partition coefficient (Wildman–Crippen LogP) is 3.38. The maximum Gasteiger partial charge on any atom is 0.0776 e. The van der Waals surface area contributed by atoms with Gasteiger partial charge >= 0.3 is 0 Å². The summed E-state index contributed by atoms with van der Waals surface area (Å²) in [5.41, 5.74) is 0. The summed E-state index contributed by atoms with van der Waals surface area (Å²) in [4.78, 5) is 0. The van der Waals surface area contributed by atoms with Crippen LogP contribution in [0.1, 0.15) is 59.3 Å². The van der Waals surface area contributed by atoms with E-state index in [2.05, 4.69) is 20.8 Å². The Labute approximate surface area is 95.0 Å². The van der Waals surface area contributed by atoms with Crippen molar-refractivity contribution < 1.29 is 9.84 Å². The molecule has 0 rings (SSSR count). The number of hydrogen-bond acceptors (Lipinski definition) is 2. The van der Waals surface area contributed by atoms with Gasteiger partial charge in [0.25, 0.3) is 0 Å². The first-order chi connectivity index (χ1) is 7.24. The predicted molar refractivity (Wildman–Crippen MR) is 65.0 cm³/mol. The van der Waals surface area contributed by atoms with E-state index in [4.69, 9.17) is 4.74 Å². The van der Waals surface area contributed by atoms with Crippen molar-refractivity contribution in [3.8, 4) is 0 Å². The molecule has 0 saturated heterocycles. The molecule has 0 fully saturated rings. The lowest BCUT2D eigenvalue weighted by Crippen LogP contribution is -2.19. The second-order valence-corrected chi connectivity index (χ2v) is 4.38. The average molecular weight is 216 g/mol. The van der Waals surface area contributed by atoms with Crippen molar-refractivity contribution in [2.24, 2.45) is 5.92 Å². The molecule has 2 nitrogen and oxygen atoms in total. The van der Waals surface area contributed by atoms with Crippen LogP contribution in [-0.4, -0.2) is 24.4 Å².